The van der Waals surface area contributed by atoms with Gasteiger partial charge in [-0.15, -0.1) is 0 Å². The number of para-hydroxylation sites is 1. The maximum atomic E-state index is 13.0. The van der Waals surface area contributed by atoms with Gasteiger partial charge in [-0.05, 0) is 61.6 Å². The molecule has 2 aromatic heterocycles. The van der Waals surface area contributed by atoms with Crippen molar-refractivity contribution in [2.45, 2.75) is 32.7 Å². The zero-order valence-electron chi connectivity index (χ0n) is 19.3. The van der Waals surface area contributed by atoms with Crippen molar-refractivity contribution in [1.29, 1.82) is 0 Å². The van der Waals surface area contributed by atoms with Gasteiger partial charge in [-0.1, -0.05) is 30.3 Å². The Hall–Kier alpha value is -3.39. The number of sulfone groups is 1. The molecule has 0 aliphatic carbocycles. The van der Waals surface area contributed by atoms with Crippen molar-refractivity contribution in [2.75, 3.05) is 18.1 Å². The number of amides is 1. The zero-order chi connectivity index (χ0) is 23.9. The average Bonchev–Trinajstić information content (AvgIpc) is 3.52. The maximum absolute atomic E-state index is 13.0. The lowest BCUT2D eigenvalue weighted by molar-refractivity contribution is 0.0948. The summed E-state index contributed by atoms with van der Waals surface area (Å²) in [5.41, 5.74) is 6.53. The second-order valence-corrected chi connectivity index (χ2v) is 11.3. The van der Waals surface area contributed by atoms with Crippen LogP contribution in [0.2, 0.25) is 0 Å². The minimum atomic E-state index is -3.09. The van der Waals surface area contributed by atoms with Crippen LogP contribution in [0.1, 0.15) is 39.6 Å². The molecule has 2 N–H and O–H groups in total. The van der Waals surface area contributed by atoms with Gasteiger partial charge in [0.1, 0.15) is 0 Å². The summed E-state index contributed by atoms with van der Waals surface area (Å²) >= 11 is 0. The second-order valence-electron chi connectivity index (χ2n) is 9.08. The van der Waals surface area contributed by atoms with Crippen LogP contribution in [0.3, 0.4) is 0 Å². The Labute approximate surface area is 199 Å². The summed E-state index contributed by atoms with van der Waals surface area (Å²) in [5, 5.41) is 8.71. The molecule has 7 nitrogen and oxygen atoms in total. The van der Waals surface area contributed by atoms with Crippen LogP contribution < -0.4 is 5.32 Å². The number of rotatable bonds is 6. The highest BCUT2D eigenvalue weighted by molar-refractivity contribution is 7.91. The molecule has 1 fully saturated rings. The van der Waals surface area contributed by atoms with Gasteiger partial charge in [0.15, 0.2) is 15.5 Å². The molecule has 1 saturated heterocycles. The van der Waals surface area contributed by atoms with Gasteiger partial charge in [-0.2, -0.15) is 5.10 Å². The van der Waals surface area contributed by atoms with E-state index in [-0.39, 0.29) is 23.5 Å². The van der Waals surface area contributed by atoms with Crippen molar-refractivity contribution < 1.29 is 13.2 Å². The smallest absolute Gasteiger partial charge is 0.271 e. The molecule has 0 bridgehead atoms. The molecule has 176 valence electrons. The number of carbonyl (C=O) groups excluding carboxylic acids is 1. The van der Waals surface area contributed by atoms with Crippen molar-refractivity contribution in [3.05, 3.63) is 77.1 Å². The second kappa shape index (κ2) is 8.76. The minimum absolute atomic E-state index is 0.0497. The lowest BCUT2D eigenvalue weighted by Crippen LogP contribution is -2.26. The number of fused-ring (bicyclic) bond motifs is 1. The first-order valence-corrected chi connectivity index (χ1v) is 13.3. The predicted molar refractivity (Wildman–Crippen MR) is 134 cm³/mol. The molecule has 0 spiro atoms. The van der Waals surface area contributed by atoms with Crippen LogP contribution in [0.15, 0.2) is 54.7 Å². The van der Waals surface area contributed by atoms with E-state index in [1.54, 1.807) is 10.7 Å². The quantitative estimate of drug-likeness (QED) is 0.440. The molecular formula is C26H28N4O3S. The first kappa shape index (κ1) is 22.4. The summed E-state index contributed by atoms with van der Waals surface area (Å²) in [5.74, 6) is -0.0611. The van der Waals surface area contributed by atoms with Crippen molar-refractivity contribution >= 4 is 26.6 Å². The van der Waals surface area contributed by atoms with E-state index in [0.29, 0.717) is 25.1 Å². The van der Waals surface area contributed by atoms with E-state index < -0.39 is 9.84 Å². The lowest BCUT2D eigenvalue weighted by atomic mass is 10.0. The Balaban J connectivity index is 1.38. The number of aromatic nitrogens is 3. The van der Waals surface area contributed by atoms with E-state index in [4.69, 9.17) is 0 Å². The largest absolute Gasteiger partial charge is 0.361 e. The first-order chi connectivity index (χ1) is 16.3. The molecule has 8 heteroatoms. The van der Waals surface area contributed by atoms with Crippen LogP contribution in [0.25, 0.3) is 22.2 Å². The number of hydrogen-bond acceptors (Lipinski definition) is 4. The molecular weight excluding hydrogens is 448 g/mol. The van der Waals surface area contributed by atoms with Crippen LogP contribution in [0.5, 0.6) is 0 Å². The summed E-state index contributed by atoms with van der Waals surface area (Å²) in [6.07, 6.45) is 3.18. The first-order valence-electron chi connectivity index (χ1n) is 11.5. The van der Waals surface area contributed by atoms with Crippen LogP contribution in [-0.2, 0) is 16.3 Å². The van der Waals surface area contributed by atoms with E-state index in [1.807, 2.05) is 50.4 Å². The summed E-state index contributed by atoms with van der Waals surface area (Å²) in [4.78, 5) is 16.2. The summed E-state index contributed by atoms with van der Waals surface area (Å²) < 4.78 is 26.0. The van der Waals surface area contributed by atoms with Gasteiger partial charge < -0.3 is 10.3 Å². The summed E-state index contributed by atoms with van der Waals surface area (Å²) in [6, 6.07) is 15.7. The standard InChI is InChI=1S/C26H28N4O3S/c1-17-7-8-19(13-18(17)2)25-14-24(29-30(25)21-10-12-34(32,33)16-21)26(31)27-11-9-20-15-28-23-6-4-3-5-22(20)23/h3-8,13-15,21,28H,9-12,16H2,1-2H3,(H,27,31)/t21-/m0/s1. The highest BCUT2D eigenvalue weighted by Gasteiger charge is 2.32. The van der Waals surface area contributed by atoms with Crippen LogP contribution in [0, 0.1) is 13.8 Å². The summed E-state index contributed by atoms with van der Waals surface area (Å²) in [6.45, 7) is 4.56. The molecule has 1 aliphatic heterocycles. The molecule has 5 rings (SSSR count). The van der Waals surface area contributed by atoms with Crippen LogP contribution in [0.4, 0.5) is 0 Å². The van der Waals surface area contributed by atoms with E-state index in [2.05, 4.69) is 27.5 Å². The highest BCUT2D eigenvalue weighted by Crippen LogP contribution is 2.31. The number of H-pyrrole nitrogens is 1. The lowest BCUT2D eigenvalue weighted by Gasteiger charge is -2.14. The van der Waals surface area contributed by atoms with Gasteiger partial charge >= 0.3 is 0 Å². The Bertz CT molecular complexity index is 1480. The van der Waals surface area contributed by atoms with Gasteiger partial charge in [0, 0.05) is 29.2 Å². The molecule has 1 aliphatic rings. The normalized spacial score (nSPS) is 17.3. The molecule has 1 amide bonds. The number of aromatic amines is 1. The Morgan fingerprint density at radius 1 is 1.15 bits per heavy atom. The summed E-state index contributed by atoms with van der Waals surface area (Å²) in [7, 11) is -3.09. The van der Waals surface area contributed by atoms with E-state index in [9.17, 15) is 13.2 Å². The molecule has 4 aromatic rings. The van der Waals surface area contributed by atoms with Crippen molar-refractivity contribution in [1.82, 2.24) is 20.1 Å². The monoisotopic (exact) mass is 476 g/mol. The number of benzene rings is 2. The van der Waals surface area contributed by atoms with Gasteiger partial charge in [-0.3, -0.25) is 9.48 Å². The Morgan fingerprint density at radius 3 is 2.74 bits per heavy atom. The number of hydrogen-bond donors (Lipinski definition) is 2. The SMILES string of the molecule is Cc1ccc(-c2cc(C(=O)NCCc3c[nH]c4ccccc34)nn2[C@H]2CCS(=O)(=O)C2)cc1C. The molecule has 3 heterocycles. The van der Waals surface area contributed by atoms with Crippen LogP contribution in [-0.4, -0.2) is 47.1 Å². The molecule has 0 unspecified atom stereocenters. The third kappa shape index (κ3) is 4.37. The fourth-order valence-corrected chi connectivity index (χ4v) is 6.30. The van der Waals surface area contributed by atoms with E-state index >= 15 is 0 Å². The molecule has 2 aromatic carbocycles. The number of aryl methyl sites for hydroxylation is 2. The minimum Gasteiger partial charge on any atom is -0.361 e. The molecule has 0 saturated carbocycles. The fourth-order valence-electron chi connectivity index (χ4n) is 4.61. The van der Waals surface area contributed by atoms with Gasteiger partial charge in [0.2, 0.25) is 0 Å². The third-order valence-corrected chi connectivity index (χ3v) is 8.43. The topological polar surface area (TPSA) is 96.8 Å². The predicted octanol–water partition coefficient (Wildman–Crippen LogP) is 3.98. The number of nitrogens with one attached hydrogen (secondary N) is 2. The maximum Gasteiger partial charge on any atom is 0.271 e. The molecule has 34 heavy (non-hydrogen) atoms. The van der Waals surface area contributed by atoms with E-state index in [0.717, 1.165) is 33.3 Å². The Kier molecular flexibility index (Phi) is 5.77. The zero-order valence-corrected chi connectivity index (χ0v) is 20.2. The average molecular weight is 477 g/mol. The number of nitrogens with zero attached hydrogens (tertiary/aromatic N) is 2. The van der Waals surface area contributed by atoms with Crippen molar-refractivity contribution in [2.24, 2.45) is 0 Å². The van der Waals surface area contributed by atoms with Crippen molar-refractivity contribution in [3.63, 3.8) is 0 Å². The van der Waals surface area contributed by atoms with Gasteiger partial charge in [0.05, 0.1) is 23.2 Å². The van der Waals surface area contributed by atoms with Crippen LogP contribution >= 0.6 is 0 Å². The fraction of sp³-hybridized carbons (Fsp3) is 0.308. The number of carbonyl (C=O) groups is 1. The third-order valence-electron chi connectivity index (χ3n) is 6.68. The molecule has 0 radical (unpaired) electrons. The Morgan fingerprint density at radius 2 is 1.97 bits per heavy atom. The molecule has 1 atom stereocenters. The van der Waals surface area contributed by atoms with Gasteiger partial charge in [0.25, 0.3) is 5.91 Å². The van der Waals surface area contributed by atoms with Crippen molar-refractivity contribution in [3.8, 4) is 11.3 Å². The van der Waals surface area contributed by atoms with Gasteiger partial charge in [-0.25, -0.2) is 8.42 Å². The van der Waals surface area contributed by atoms with E-state index in [1.165, 1.54) is 5.56 Å². The highest BCUT2D eigenvalue weighted by atomic mass is 32.2.